The Balaban J connectivity index is 2.01. The second kappa shape index (κ2) is 8.53. The first kappa shape index (κ1) is 17.3. The van der Waals surface area contributed by atoms with E-state index in [4.69, 9.17) is 4.74 Å². The molecular formula is C17H25N3O3. The van der Waals surface area contributed by atoms with Gasteiger partial charge in [0.25, 0.3) is 0 Å². The molecule has 0 saturated carbocycles. The number of hydrogen-bond donors (Lipinski definition) is 3. The fourth-order valence-electron chi connectivity index (χ4n) is 2.51. The molecule has 23 heavy (non-hydrogen) atoms. The zero-order chi connectivity index (χ0) is 16.7. The molecule has 6 heteroatoms. The average Bonchev–Trinajstić information content (AvgIpc) is 2.53. The molecule has 1 heterocycles. The Morgan fingerprint density at radius 1 is 1.09 bits per heavy atom. The molecule has 1 aromatic carbocycles. The lowest BCUT2D eigenvalue weighted by Crippen LogP contribution is -2.49. The van der Waals surface area contributed by atoms with Gasteiger partial charge in [-0.1, -0.05) is 30.3 Å². The van der Waals surface area contributed by atoms with Gasteiger partial charge in [0.2, 0.25) is 5.91 Å². The quantitative estimate of drug-likeness (QED) is 0.773. The number of hydrogen-bond acceptors (Lipinski definition) is 3. The van der Waals surface area contributed by atoms with E-state index in [0.29, 0.717) is 13.2 Å². The van der Waals surface area contributed by atoms with Crippen molar-refractivity contribution in [1.29, 1.82) is 0 Å². The van der Waals surface area contributed by atoms with Crippen molar-refractivity contribution in [2.24, 2.45) is 0 Å². The summed E-state index contributed by atoms with van der Waals surface area (Å²) in [7, 11) is 0. The number of carbonyl (C=O) groups is 2. The van der Waals surface area contributed by atoms with Crippen molar-refractivity contribution in [2.45, 2.75) is 44.8 Å². The Labute approximate surface area is 137 Å². The second-order valence-electron chi connectivity index (χ2n) is 6.01. The molecule has 0 radical (unpaired) electrons. The maximum atomic E-state index is 12.4. The van der Waals surface area contributed by atoms with Crippen LogP contribution >= 0.6 is 0 Å². The van der Waals surface area contributed by atoms with Gasteiger partial charge in [-0.15, -0.1) is 0 Å². The largest absolute Gasteiger partial charge is 0.381 e. The van der Waals surface area contributed by atoms with Gasteiger partial charge in [-0.2, -0.15) is 0 Å². The highest BCUT2D eigenvalue weighted by molar-refractivity contribution is 5.88. The first-order chi connectivity index (χ1) is 11.1. The number of benzene rings is 1. The third kappa shape index (κ3) is 5.56. The lowest BCUT2D eigenvalue weighted by atomic mass is 10.1. The Kier molecular flexibility index (Phi) is 6.40. The molecule has 1 aliphatic heterocycles. The zero-order valence-corrected chi connectivity index (χ0v) is 13.7. The number of amides is 3. The maximum Gasteiger partial charge on any atom is 0.315 e. The molecule has 1 saturated heterocycles. The van der Waals surface area contributed by atoms with Crippen molar-refractivity contribution in [3.05, 3.63) is 35.9 Å². The molecule has 1 atom stereocenters. The summed E-state index contributed by atoms with van der Waals surface area (Å²) in [6, 6.07) is 8.30. The van der Waals surface area contributed by atoms with E-state index in [2.05, 4.69) is 16.0 Å². The van der Waals surface area contributed by atoms with E-state index in [1.54, 1.807) is 0 Å². The highest BCUT2D eigenvalue weighted by atomic mass is 16.5. The Morgan fingerprint density at radius 3 is 2.35 bits per heavy atom. The second-order valence-corrected chi connectivity index (χ2v) is 6.01. The first-order valence-electron chi connectivity index (χ1n) is 8.06. The van der Waals surface area contributed by atoms with E-state index in [1.807, 2.05) is 44.2 Å². The molecule has 1 aromatic rings. The van der Waals surface area contributed by atoms with E-state index in [1.165, 1.54) is 0 Å². The van der Waals surface area contributed by atoms with Crippen molar-refractivity contribution < 1.29 is 14.3 Å². The SMILES string of the molecule is CC(C)NC(=O)C(NC(=O)NC1CCOCC1)c1ccccc1. The van der Waals surface area contributed by atoms with Gasteiger partial charge in [-0.05, 0) is 32.3 Å². The van der Waals surface area contributed by atoms with Crippen LogP contribution in [0.5, 0.6) is 0 Å². The normalized spacial score (nSPS) is 16.7. The van der Waals surface area contributed by atoms with Crippen LogP contribution in [0.1, 0.15) is 38.3 Å². The smallest absolute Gasteiger partial charge is 0.315 e. The van der Waals surface area contributed by atoms with Crippen LogP contribution in [0.25, 0.3) is 0 Å². The molecule has 2 rings (SSSR count). The van der Waals surface area contributed by atoms with Gasteiger partial charge < -0.3 is 20.7 Å². The molecule has 3 amide bonds. The van der Waals surface area contributed by atoms with Crippen LogP contribution in [0.15, 0.2) is 30.3 Å². The Bertz CT molecular complexity index is 513. The van der Waals surface area contributed by atoms with Crippen molar-refractivity contribution in [3.8, 4) is 0 Å². The molecule has 1 aliphatic rings. The highest BCUT2D eigenvalue weighted by Crippen LogP contribution is 2.13. The summed E-state index contributed by atoms with van der Waals surface area (Å²) in [6.07, 6.45) is 1.59. The molecule has 0 aromatic heterocycles. The van der Waals surface area contributed by atoms with Crippen LogP contribution in [-0.4, -0.2) is 37.2 Å². The van der Waals surface area contributed by atoms with Gasteiger partial charge >= 0.3 is 6.03 Å². The third-order valence-corrected chi connectivity index (χ3v) is 3.66. The minimum Gasteiger partial charge on any atom is -0.381 e. The summed E-state index contributed by atoms with van der Waals surface area (Å²) >= 11 is 0. The third-order valence-electron chi connectivity index (χ3n) is 3.66. The summed E-state index contributed by atoms with van der Waals surface area (Å²) in [5.41, 5.74) is 0.757. The van der Waals surface area contributed by atoms with Gasteiger partial charge in [0, 0.05) is 25.3 Å². The van der Waals surface area contributed by atoms with Crippen LogP contribution < -0.4 is 16.0 Å². The Morgan fingerprint density at radius 2 is 1.74 bits per heavy atom. The molecule has 1 fully saturated rings. The van der Waals surface area contributed by atoms with Crippen LogP contribution in [0.2, 0.25) is 0 Å². The molecule has 126 valence electrons. The average molecular weight is 319 g/mol. The summed E-state index contributed by atoms with van der Waals surface area (Å²) in [6.45, 7) is 5.09. The van der Waals surface area contributed by atoms with Crippen molar-refractivity contribution in [2.75, 3.05) is 13.2 Å². The number of nitrogens with one attached hydrogen (secondary N) is 3. The number of rotatable bonds is 5. The molecule has 0 bridgehead atoms. The van der Waals surface area contributed by atoms with Gasteiger partial charge in [0.15, 0.2) is 0 Å². The summed E-state index contributed by atoms with van der Waals surface area (Å²) in [5, 5.41) is 8.55. The highest BCUT2D eigenvalue weighted by Gasteiger charge is 2.24. The van der Waals surface area contributed by atoms with Crippen LogP contribution in [-0.2, 0) is 9.53 Å². The zero-order valence-electron chi connectivity index (χ0n) is 13.7. The van der Waals surface area contributed by atoms with Gasteiger partial charge in [0.05, 0.1) is 0 Å². The number of urea groups is 1. The summed E-state index contributed by atoms with van der Waals surface area (Å²) in [5.74, 6) is -0.215. The minimum atomic E-state index is -0.710. The van der Waals surface area contributed by atoms with Gasteiger partial charge in [-0.25, -0.2) is 4.79 Å². The molecule has 0 spiro atoms. The van der Waals surface area contributed by atoms with Crippen molar-refractivity contribution in [3.63, 3.8) is 0 Å². The fraction of sp³-hybridized carbons (Fsp3) is 0.529. The lowest BCUT2D eigenvalue weighted by molar-refractivity contribution is -0.123. The van der Waals surface area contributed by atoms with Gasteiger partial charge in [-0.3, -0.25) is 4.79 Å². The Hall–Kier alpha value is -2.08. The molecule has 0 aliphatic carbocycles. The molecule has 6 nitrogen and oxygen atoms in total. The van der Waals surface area contributed by atoms with Crippen molar-refractivity contribution in [1.82, 2.24) is 16.0 Å². The minimum absolute atomic E-state index is 0.00840. The van der Waals surface area contributed by atoms with E-state index >= 15 is 0 Å². The van der Waals surface area contributed by atoms with Gasteiger partial charge in [0.1, 0.15) is 6.04 Å². The van der Waals surface area contributed by atoms with Crippen LogP contribution in [0, 0.1) is 0 Å². The predicted molar refractivity (Wildman–Crippen MR) is 88.0 cm³/mol. The standard InChI is InChI=1S/C17H25N3O3/c1-12(2)18-16(21)15(13-6-4-3-5-7-13)20-17(22)19-14-8-10-23-11-9-14/h3-7,12,14-15H,8-11H2,1-2H3,(H,18,21)(H2,19,20,22). The van der Waals surface area contributed by atoms with Crippen LogP contribution in [0.4, 0.5) is 4.79 Å². The van der Waals surface area contributed by atoms with E-state index < -0.39 is 6.04 Å². The first-order valence-corrected chi connectivity index (χ1v) is 8.06. The van der Waals surface area contributed by atoms with Crippen LogP contribution in [0.3, 0.4) is 0 Å². The predicted octanol–water partition coefficient (Wildman–Crippen LogP) is 1.73. The number of ether oxygens (including phenoxy) is 1. The molecule has 1 unspecified atom stereocenters. The maximum absolute atomic E-state index is 12.4. The molecular weight excluding hydrogens is 294 g/mol. The fourth-order valence-corrected chi connectivity index (χ4v) is 2.51. The van der Waals surface area contributed by atoms with Crippen molar-refractivity contribution >= 4 is 11.9 Å². The molecule has 3 N–H and O–H groups in total. The number of carbonyl (C=O) groups excluding carboxylic acids is 2. The lowest BCUT2D eigenvalue weighted by Gasteiger charge is -2.25. The summed E-state index contributed by atoms with van der Waals surface area (Å²) in [4.78, 5) is 24.7. The topological polar surface area (TPSA) is 79.5 Å². The van der Waals surface area contributed by atoms with E-state index in [0.717, 1.165) is 18.4 Å². The monoisotopic (exact) mass is 319 g/mol. The van der Waals surface area contributed by atoms with E-state index in [9.17, 15) is 9.59 Å². The van der Waals surface area contributed by atoms with E-state index in [-0.39, 0.29) is 24.0 Å². The summed E-state index contributed by atoms with van der Waals surface area (Å²) < 4.78 is 5.28.